The lowest BCUT2D eigenvalue weighted by Crippen LogP contribution is -2.35. The Bertz CT molecular complexity index is 1640. The van der Waals surface area contributed by atoms with Crippen molar-refractivity contribution in [2.45, 2.75) is 30.1 Å². The number of aromatic nitrogens is 3. The third kappa shape index (κ3) is 4.66. The molecule has 1 N–H and O–H groups in total. The van der Waals surface area contributed by atoms with E-state index in [2.05, 4.69) is 10.1 Å². The molecule has 6 rings (SSSR count). The number of halogens is 3. The smallest absolute Gasteiger partial charge is 0.416 e. The summed E-state index contributed by atoms with van der Waals surface area (Å²) in [6.45, 7) is 0. The third-order valence-corrected chi connectivity index (χ3v) is 8.40. The molecule has 12 heteroatoms. The first-order valence-electron chi connectivity index (χ1n) is 11.8. The van der Waals surface area contributed by atoms with Gasteiger partial charge < -0.3 is 14.0 Å². The third-order valence-electron chi connectivity index (χ3n) is 6.80. The van der Waals surface area contributed by atoms with E-state index in [0.717, 1.165) is 46.7 Å². The molecule has 4 aromatic rings. The first kappa shape index (κ1) is 25.1. The molecular weight excluding hydrogens is 535 g/mol. The maximum Gasteiger partial charge on any atom is 0.416 e. The molecule has 0 radical (unpaired) electrons. The number of nitrogens with zero attached hydrogens (tertiary/aromatic N) is 3. The van der Waals surface area contributed by atoms with Crippen molar-refractivity contribution in [2.24, 2.45) is 0 Å². The number of fused-ring (bicyclic) bond motifs is 2. The molecule has 2 aliphatic heterocycles. The van der Waals surface area contributed by atoms with Crippen LogP contribution in [0, 0.1) is 0 Å². The minimum Gasteiger partial charge on any atom is -0.508 e. The molecule has 0 aliphatic carbocycles. The van der Waals surface area contributed by atoms with E-state index in [1.54, 1.807) is 35.3 Å². The SMILES string of the molecule is O=S(=O)(Oc1ccc(C(F)(F)F)cc1)[C@@H]1C[C@@H]2O[C@H]1C(c1ccc(-n3cncn3)cc1)=C2c1ccc(O)cc1. The molecule has 1 aromatic heterocycles. The summed E-state index contributed by atoms with van der Waals surface area (Å²) in [5, 5.41) is 12.8. The molecule has 0 amide bonds. The number of ether oxygens (including phenoxy) is 1. The molecule has 0 spiro atoms. The second-order valence-corrected chi connectivity index (χ2v) is 10.9. The van der Waals surface area contributed by atoms with Gasteiger partial charge in [-0.3, -0.25) is 0 Å². The van der Waals surface area contributed by atoms with Gasteiger partial charge in [0.2, 0.25) is 0 Å². The number of aromatic hydroxyl groups is 1. The van der Waals surface area contributed by atoms with Crippen LogP contribution in [0.5, 0.6) is 11.5 Å². The Labute approximate surface area is 221 Å². The van der Waals surface area contributed by atoms with Crippen molar-refractivity contribution in [3.63, 3.8) is 0 Å². The van der Waals surface area contributed by atoms with Crippen LogP contribution in [0.25, 0.3) is 16.8 Å². The van der Waals surface area contributed by atoms with Gasteiger partial charge in [-0.1, -0.05) is 24.3 Å². The minimum atomic E-state index is -4.55. The van der Waals surface area contributed by atoms with Crippen LogP contribution in [0.4, 0.5) is 13.2 Å². The Morgan fingerprint density at radius 1 is 0.923 bits per heavy atom. The fraction of sp³-hybridized carbons (Fsp3) is 0.185. The Balaban J connectivity index is 1.35. The highest BCUT2D eigenvalue weighted by Crippen LogP contribution is 2.51. The minimum absolute atomic E-state index is 0.0903. The summed E-state index contributed by atoms with van der Waals surface area (Å²) in [7, 11) is -4.29. The molecule has 1 fully saturated rings. The molecule has 3 atom stereocenters. The van der Waals surface area contributed by atoms with Crippen LogP contribution in [-0.2, 0) is 21.0 Å². The standard InChI is InChI=1S/C27H20F3N3O5S/c28-27(29,30)18-5-11-21(12-6-18)38-39(35,36)23-13-22-24(16-3-9-20(34)10-4-16)25(26(23)37-22)17-1-7-19(8-2-17)33-15-31-14-32-33/h1-12,14-15,22-23,26,34H,13H2/t22-,23+,26+/m0/s1. The van der Waals surface area contributed by atoms with Crippen LogP contribution in [0.15, 0.2) is 85.5 Å². The quantitative estimate of drug-likeness (QED) is 0.339. The molecule has 2 aliphatic rings. The highest BCUT2D eigenvalue weighted by Gasteiger charge is 2.53. The van der Waals surface area contributed by atoms with Crippen LogP contribution >= 0.6 is 0 Å². The Kier molecular flexibility index (Phi) is 5.96. The average molecular weight is 556 g/mol. The molecule has 1 saturated heterocycles. The molecule has 39 heavy (non-hydrogen) atoms. The van der Waals surface area contributed by atoms with Crippen molar-refractivity contribution < 1.29 is 35.6 Å². The number of hydrogen-bond donors (Lipinski definition) is 1. The van der Waals surface area contributed by atoms with Crippen molar-refractivity contribution >= 4 is 21.3 Å². The highest BCUT2D eigenvalue weighted by molar-refractivity contribution is 7.87. The highest BCUT2D eigenvalue weighted by atomic mass is 32.2. The number of hydrogen-bond acceptors (Lipinski definition) is 7. The summed E-state index contributed by atoms with van der Waals surface area (Å²) in [5.74, 6) is -0.125. The van der Waals surface area contributed by atoms with Crippen LogP contribution in [-0.4, -0.2) is 45.7 Å². The first-order chi connectivity index (χ1) is 18.6. The van der Waals surface area contributed by atoms with E-state index in [1.807, 2.05) is 24.3 Å². The maximum atomic E-state index is 13.3. The summed E-state index contributed by atoms with van der Waals surface area (Å²) < 4.78 is 78.4. The Hall–Kier alpha value is -4.16. The molecular formula is C27H20F3N3O5S. The van der Waals surface area contributed by atoms with Crippen molar-refractivity contribution in [3.8, 4) is 17.2 Å². The molecule has 0 saturated carbocycles. The van der Waals surface area contributed by atoms with Gasteiger partial charge in [0.25, 0.3) is 0 Å². The second kappa shape index (κ2) is 9.24. The van der Waals surface area contributed by atoms with E-state index >= 15 is 0 Å². The van der Waals surface area contributed by atoms with E-state index in [1.165, 1.54) is 6.33 Å². The van der Waals surface area contributed by atoms with Crippen LogP contribution < -0.4 is 4.18 Å². The van der Waals surface area contributed by atoms with Crippen molar-refractivity contribution in [1.29, 1.82) is 0 Å². The number of benzene rings is 3. The van der Waals surface area contributed by atoms with Gasteiger partial charge in [0.05, 0.1) is 17.4 Å². The van der Waals surface area contributed by atoms with Crippen LogP contribution in [0.1, 0.15) is 23.1 Å². The lowest BCUT2D eigenvalue weighted by molar-refractivity contribution is -0.137. The Morgan fingerprint density at radius 2 is 1.56 bits per heavy atom. The van der Waals surface area contributed by atoms with Crippen molar-refractivity contribution in [2.75, 3.05) is 0 Å². The van der Waals surface area contributed by atoms with E-state index in [-0.39, 0.29) is 17.9 Å². The van der Waals surface area contributed by atoms with Crippen LogP contribution in [0.3, 0.4) is 0 Å². The summed E-state index contributed by atoms with van der Waals surface area (Å²) in [6.07, 6.45) is -2.93. The van der Waals surface area contributed by atoms with Gasteiger partial charge in [-0.05, 0) is 70.8 Å². The average Bonchev–Trinajstić information content (AvgIpc) is 3.66. The molecule has 200 valence electrons. The van der Waals surface area contributed by atoms with Gasteiger partial charge in [-0.2, -0.15) is 26.7 Å². The van der Waals surface area contributed by atoms with Gasteiger partial charge in [-0.25, -0.2) is 9.67 Å². The summed E-state index contributed by atoms with van der Waals surface area (Å²) in [5.41, 5.74) is 2.80. The molecule has 0 unspecified atom stereocenters. The van der Waals surface area contributed by atoms with Crippen molar-refractivity contribution in [1.82, 2.24) is 14.8 Å². The molecule has 8 nitrogen and oxygen atoms in total. The zero-order chi connectivity index (χ0) is 27.4. The fourth-order valence-corrected chi connectivity index (χ4v) is 6.44. The number of phenols is 1. The zero-order valence-corrected chi connectivity index (χ0v) is 20.8. The van der Waals surface area contributed by atoms with Gasteiger partial charge >= 0.3 is 16.3 Å². The van der Waals surface area contributed by atoms with Gasteiger partial charge in [0, 0.05) is 6.42 Å². The van der Waals surface area contributed by atoms with Gasteiger partial charge in [-0.15, -0.1) is 0 Å². The topological polar surface area (TPSA) is 104 Å². The predicted molar refractivity (Wildman–Crippen MR) is 134 cm³/mol. The van der Waals surface area contributed by atoms with Crippen LogP contribution in [0.2, 0.25) is 0 Å². The van der Waals surface area contributed by atoms with E-state index in [9.17, 15) is 26.7 Å². The molecule has 3 aromatic carbocycles. The van der Waals surface area contributed by atoms with Crippen molar-refractivity contribution in [3.05, 3.63) is 102 Å². The summed E-state index contributed by atoms with van der Waals surface area (Å²) in [4.78, 5) is 3.94. The summed E-state index contributed by atoms with van der Waals surface area (Å²) in [6, 6.07) is 17.4. The van der Waals surface area contributed by atoms with Gasteiger partial charge in [0.1, 0.15) is 35.5 Å². The Morgan fingerprint density at radius 3 is 2.18 bits per heavy atom. The maximum absolute atomic E-state index is 13.3. The van der Waals surface area contributed by atoms with E-state index < -0.39 is 39.3 Å². The van der Waals surface area contributed by atoms with Gasteiger partial charge in [0.15, 0.2) is 0 Å². The number of phenolic OH excluding ortho intramolecular Hbond substituents is 1. The monoisotopic (exact) mass is 555 g/mol. The predicted octanol–water partition coefficient (Wildman–Crippen LogP) is 4.85. The lowest BCUT2D eigenvalue weighted by Gasteiger charge is -2.25. The lowest BCUT2D eigenvalue weighted by atomic mass is 9.83. The number of rotatable bonds is 6. The largest absolute Gasteiger partial charge is 0.508 e. The second-order valence-electron chi connectivity index (χ2n) is 9.18. The first-order valence-corrected chi connectivity index (χ1v) is 13.3. The zero-order valence-electron chi connectivity index (χ0n) is 20.0. The molecule has 2 bridgehead atoms. The summed E-state index contributed by atoms with van der Waals surface area (Å²) >= 11 is 0. The van der Waals surface area contributed by atoms with E-state index in [0.29, 0.717) is 5.57 Å². The number of alkyl halides is 3. The molecule has 3 heterocycles. The fourth-order valence-electron chi connectivity index (χ4n) is 5.02. The normalized spacial score (nSPS) is 20.9. The van der Waals surface area contributed by atoms with E-state index in [4.69, 9.17) is 8.92 Å².